The Balaban J connectivity index is 0.000000327. The third-order valence-corrected chi connectivity index (χ3v) is 4.87. The molecule has 1 heterocycles. The van der Waals surface area contributed by atoms with E-state index in [1.165, 1.54) is 42.2 Å². The topological polar surface area (TPSA) is 54.5 Å². The van der Waals surface area contributed by atoms with Crippen molar-refractivity contribution in [2.75, 3.05) is 0 Å². The molecule has 0 bridgehead atoms. The number of aliphatic hydroxyl groups excluding tert-OH is 1. The molecule has 2 aromatic carbocycles. The Bertz CT molecular complexity index is 1040. The zero-order chi connectivity index (χ0) is 20.3. The molecule has 4 rings (SSSR count). The van der Waals surface area contributed by atoms with Gasteiger partial charge in [-0.15, -0.1) is 29.3 Å². The van der Waals surface area contributed by atoms with E-state index in [0.717, 1.165) is 11.3 Å². The quantitative estimate of drug-likeness (QED) is 0.184. The number of ketones is 1. The average Bonchev–Trinajstić information content (AvgIpc) is 2.89. The van der Waals surface area contributed by atoms with E-state index >= 15 is 0 Å². The molecule has 0 saturated heterocycles. The van der Waals surface area contributed by atoms with Crippen molar-refractivity contribution in [2.45, 2.75) is 33.1 Å². The van der Waals surface area contributed by atoms with Crippen LogP contribution < -0.4 is 0 Å². The van der Waals surface area contributed by atoms with E-state index in [2.05, 4.69) is 61.3 Å². The number of allylic oxidation sites excluding steroid dienone is 2. The monoisotopic (exact) mass is 564 g/mol. The number of fused-ring (bicyclic) bond motifs is 3. The number of nitrogens with zero attached hydrogens (tertiary/aromatic N) is 1. The van der Waals surface area contributed by atoms with Crippen LogP contribution in [0.25, 0.3) is 22.4 Å². The first-order chi connectivity index (χ1) is 13.3. The van der Waals surface area contributed by atoms with Gasteiger partial charge in [-0.3, -0.25) is 4.79 Å². The van der Waals surface area contributed by atoms with Gasteiger partial charge in [-0.25, -0.2) is 0 Å². The molecule has 0 amide bonds. The van der Waals surface area contributed by atoms with Gasteiger partial charge in [-0.05, 0) is 29.7 Å². The molecular weight excluding hydrogens is 538 g/mol. The summed E-state index contributed by atoms with van der Waals surface area (Å²) < 4.78 is 0. The Labute approximate surface area is 185 Å². The van der Waals surface area contributed by atoms with Gasteiger partial charge in [-0.1, -0.05) is 61.4 Å². The Morgan fingerprint density at radius 1 is 1.03 bits per heavy atom. The first kappa shape index (κ1) is 22.7. The number of benzene rings is 2. The molecule has 4 heteroatoms. The molecule has 3 aromatic rings. The van der Waals surface area contributed by atoms with Gasteiger partial charge in [0.2, 0.25) is 0 Å². The van der Waals surface area contributed by atoms with Crippen LogP contribution in [0.3, 0.4) is 0 Å². The second-order valence-electron chi connectivity index (χ2n) is 7.49. The third-order valence-electron chi connectivity index (χ3n) is 4.87. The molecule has 1 aliphatic carbocycles. The van der Waals surface area contributed by atoms with E-state index in [-0.39, 0.29) is 37.1 Å². The van der Waals surface area contributed by atoms with Gasteiger partial charge < -0.3 is 10.1 Å². The number of pyridine rings is 1. The summed E-state index contributed by atoms with van der Waals surface area (Å²) in [5.41, 5.74) is 7.47. The summed E-state index contributed by atoms with van der Waals surface area (Å²) in [7, 11) is 0. The molecular formula is C25H25IrNO2. The molecule has 0 unspecified atom stereocenters. The van der Waals surface area contributed by atoms with Crippen LogP contribution in [0.4, 0.5) is 0 Å². The van der Waals surface area contributed by atoms with Crippen LogP contribution in [0.2, 0.25) is 0 Å². The molecule has 0 spiro atoms. The van der Waals surface area contributed by atoms with E-state index in [9.17, 15) is 0 Å². The van der Waals surface area contributed by atoms with Gasteiger partial charge in [0.1, 0.15) is 0 Å². The summed E-state index contributed by atoms with van der Waals surface area (Å²) in [6.45, 7) is 7.58. The van der Waals surface area contributed by atoms with Crippen LogP contribution in [0, 0.1) is 6.07 Å². The average molecular weight is 564 g/mol. The smallest absolute Gasteiger partial charge is 0.316 e. The van der Waals surface area contributed by atoms with Gasteiger partial charge in [0, 0.05) is 26.3 Å². The zero-order valence-corrected chi connectivity index (χ0v) is 19.4. The van der Waals surface area contributed by atoms with Gasteiger partial charge in [-0.2, -0.15) is 0 Å². The normalized spacial score (nSPS) is 13.3. The molecule has 1 aliphatic rings. The number of aromatic nitrogens is 1. The minimum Gasteiger partial charge on any atom is -0.512 e. The fourth-order valence-electron chi connectivity index (χ4n) is 3.61. The van der Waals surface area contributed by atoms with E-state index in [1.807, 2.05) is 24.4 Å². The van der Waals surface area contributed by atoms with Crippen molar-refractivity contribution in [1.82, 2.24) is 4.98 Å². The van der Waals surface area contributed by atoms with Gasteiger partial charge >= 0.3 is 5.78 Å². The summed E-state index contributed by atoms with van der Waals surface area (Å²) in [6, 6.07) is 22.4. The Morgan fingerprint density at radius 3 is 2.31 bits per heavy atom. The Hall–Kier alpha value is -2.55. The van der Waals surface area contributed by atoms with Crippen LogP contribution in [0.5, 0.6) is 0 Å². The summed E-state index contributed by atoms with van der Waals surface area (Å²) in [4.78, 5) is 12.8. The van der Waals surface area contributed by atoms with Crippen LogP contribution in [0.1, 0.15) is 38.8 Å². The van der Waals surface area contributed by atoms with Crippen LogP contribution in [-0.2, 0) is 25.5 Å². The van der Waals surface area contributed by atoms with Crippen LogP contribution in [0.15, 0.2) is 72.6 Å². The number of aliphatic hydroxyl groups is 1. The maximum atomic E-state index is 8.40. The third kappa shape index (κ3) is 4.90. The predicted molar refractivity (Wildman–Crippen MR) is 115 cm³/mol. The standard InChI is InChI=1S/C20H16N.C5H8O2.Ir/c1-20(2)17-8-4-3-7-15(17)16-11-10-14(13-18(16)20)19-9-5-6-12-21-19;1-4(6)3-5(2)7;/h3-9,11-13H,1-2H3;3,6H,1-2H3;/q-1;;/p+1/b;4-3-;. The molecule has 1 radical (unpaired) electrons. The van der Waals surface area contributed by atoms with Crippen molar-refractivity contribution in [2.24, 2.45) is 0 Å². The van der Waals surface area contributed by atoms with Gasteiger partial charge in [0.05, 0.1) is 18.8 Å². The Morgan fingerprint density at radius 2 is 1.72 bits per heavy atom. The number of hydrogen-bond acceptors (Lipinski definition) is 2. The summed E-state index contributed by atoms with van der Waals surface area (Å²) in [5, 5.41) is 8.40. The van der Waals surface area contributed by atoms with Crippen molar-refractivity contribution in [1.29, 1.82) is 0 Å². The van der Waals surface area contributed by atoms with Crippen LogP contribution >= 0.6 is 0 Å². The summed E-state index contributed by atoms with van der Waals surface area (Å²) in [6.07, 6.45) is 3.11. The molecule has 2 N–H and O–H groups in total. The number of rotatable bonds is 2. The second-order valence-corrected chi connectivity index (χ2v) is 7.49. The molecule has 0 atom stereocenters. The van der Waals surface area contributed by atoms with E-state index in [1.54, 1.807) is 0 Å². The molecule has 0 fully saturated rings. The fourth-order valence-corrected chi connectivity index (χ4v) is 3.61. The molecule has 0 aliphatic heterocycles. The van der Waals surface area contributed by atoms with E-state index in [0.29, 0.717) is 0 Å². The first-order valence-electron chi connectivity index (χ1n) is 9.28. The molecule has 3 nitrogen and oxygen atoms in total. The summed E-state index contributed by atoms with van der Waals surface area (Å²) >= 11 is 0. The zero-order valence-electron chi connectivity index (χ0n) is 17.0. The van der Waals surface area contributed by atoms with Crippen molar-refractivity contribution in [3.8, 4) is 22.4 Å². The van der Waals surface area contributed by atoms with Crippen LogP contribution in [-0.4, -0.2) is 20.7 Å². The molecule has 29 heavy (non-hydrogen) atoms. The Kier molecular flexibility index (Phi) is 7.29. The maximum Gasteiger partial charge on any atom is 0.316 e. The number of hydrogen-bond donors (Lipinski definition) is 1. The minimum absolute atomic E-state index is 0. The summed E-state index contributed by atoms with van der Waals surface area (Å²) in [5.74, 6) is 0.250. The molecule has 0 saturated carbocycles. The largest absolute Gasteiger partial charge is 0.512 e. The van der Waals surface area contributed by atoms with E-state index < -0.39 is 0 Å². The van der Waals surface area contributed by atoms with Gasteiger partial charge in [0.15, 0.2) is 0 Å². The second kappa shape index (κ2) is 9.30. The molecule has 1 aromatic heterocycles. The molecule has 151 valence electrons. The van der Waals surface area contributed by atoms with E-state index in [4.69, 9.17) is 9.90 Å². The van der Waals surface area contributed by atoms with Crippen molar-refractivity contribution < 1.29 is 30.0 Å². The minimum atomic E-state index is 0. The van der Waals surface area contributed by atoms with Crippen molar-refractivity contribution >= 4 is 5.78 Å². The number of carbonyl (C=O) groups excluding carboxylic acids is 1. The van der Waals surface area contributed by atoms with Crippen molar-refractivity contribution in [3.05, 3.63) is 89.8 Å². The van der Waals surface area contributed by atoms with Gasteiger partial charge in [0.25, 0.3) is 0 Å². The fraction of sp³-hybridized carbons (Fsp3) is 0.200. The first-order valence-corrected chi connectivity index (χ1v) is 9.28. The maximum absolute atomic E-state index is 8.40. The predicted octanol–water partition coefficient (Wildman–Crippen LogP) is 5.87. The van der Waals surface area contributed by atoms with Crippen molar-refractivity contribution in [3.63, 3.8) is 0 Å². The SMILES string of the molecule is CC(=[OH+])/C=C(/C)O.CC1(C)c2ccccc2-c2c[c-]c(-c3ccccn3)cc21.[Ir].